The van der Waals surface area contributed by atoms with E-state index in [1.165, 1.54) is 0 Å². The van der Waals surface area contributed by atoms with Crippen LogP contribution in [-0.2, 0) is 0 Å². The zero-order chi connectivity index (χ0) is 8.43. The van der Waals surface area contributed by atoms with Crippen molar-refractivity contribution in [3.8, 4) is 0 Å². The minimum atomic E-state index is -0.287. The molecule has 1 fully saturated rings. The van der Waals surface area contributed by atoms with Crippen molar-refractivity contribution in [2.24, 2.45) is 5.73 Å². The molecule has 66 valence electrons. The smallest absolute Gasteiger partial charge is 0.0715 e. The maximum absolute atomic E-state index is 9.33. The number of aliphatic hydroxyl groups is 1. The molecule has 0 saturated carbocycles. The molecule has 3 nitrogen and oxygen atoms in total. The fourth-order valence-electron chi connectivity index (χ4n) is 1.46. The van der Waals surface area contributed by atoms with Gasteiger partial charge in [0.25, 0.3) is 0 Å². The van der Waals surface area contributed by atoms with Crippen LogP contribution in [0.5, 0.6) is 0 Å². The zero-order valence-corrected chi connectivity index (χ0v) is 7.33. The molecule has 3 heteroatoms. The maximum Gasteiger partial charge on any atom is 0.0715 e. The van der Waals surface area contributed by atoms with Crippen molar-refractivity contribution in [2.75, 3.05) is 13.1 Å². The van der Waals surface area contributed by atoms with Crippen LogP contribution in [0.4, 0.5) is 0 Å². The predicted molar refractivity (Wildman–Crippen MR) is 45.3 cm³/mol. The lowest BCUT2D eigenvalue weighted by molar-refractivity contribution is 0.0496. The first-order valence-corrected chi connectivity index (χ1v) is 4.29. The summed E-state index contributed by atoms with van der Waals surface area (Å²) < 4.78 is 0. The molecule has 0 aromatic rings. The zero-order valence-electron chi connectivity index (χ0n) is 7.33. The molecule has 0 aromatic heterocycles. The second kappa shape index (κ2) is 3.52. The highest BCUT2D eigenvalue weighted by Crippen LogP contribution is 2.11. The van der Waals surface area contributed by atoms with E-state index in [1.807, 2.05) is 0 Å². The molecule has 1 aliphatic rings. The number of hydrogen-bond donors (Lipinski definition) is 2. The third-order valence-corrected chi connectivity index (χ3v) is 2.38. The fraction of sp³-hybridized carbons (Fsp3) is 1.00. The van der Waals surface area contributed by atoms with E-state index in [9.17, 15) is 5.11 Å². The van der Waals surface area contributed by atoms with E-state index in [0.717, 1.165) is 19.5 Å². The van der Waals surface area contributed by atoms with E-state index in [0.29, 0.717) is 6.04 Å². The van der Waals surface area contributed by atoms with Crippen molar-refractivity contribution >= 4 is 0 Å². The lowest BCUT2D eigenvalue weighted by Gasteiger charge is -2.36. The van der Waals surface area contributed by atoms with Crippen LogP contribution >= 0.6 is 0 Å². The summed E-state index contributed by atoms with van der Waals surface area (Å²) in [7, 11) is 0. The monoisotopic (exact) mass is 158 g/mol. The van der Waals surface area contributed by atoms with Crippen LogP contribution in [0, 0.1) is 0 Å². The summed E-state index contributed by atoms with van der Waals surface area (Å²) in [6.45, 7) is 6.13. The molecule has 2 atom stereocenters. The van der Waals surface area contributed by atoms with E-state index < -0.39 is 0 Å². The van der Waals surface area contributed by atoms with Gasteiger partial charge in [-0.1, -0.05) is 0 Å². The quantitative estimate of drug-likeness (QED) is 0.555. The van der Waals surface area contributed by atoms with Crippen LogP contribution in [0.3, 0.4) is 0 Å². The van der Waals surface area contributed by atoms with Gasteiger partial charge in [0.1, 0.15) is 0 Å². The SMILES string of the molecule is CC(C)N1CC[C@H](O)[C@H](N)C1. The predicted octanol–water partition coefficient (Wildman–Crippen LogP) is -0.211. The molecule has 1 saturated heterocycles. The lowest BCUT2D eigenvalue weighted by atomic mass is 10.0. The number of likely N-dealkylation sites (tertiary alicyclic amines) is 1. The molecule has 11 heavy (non-hydrogen) atoms. The average molecular weight is 158 g/mol. The summed E-state index contributed by atoms with van der Waals surface area (Å²) in [6.07, 6.45) is 0.532. The van der Waals surface area contributed by atoms with Crippen molar-refractivity contribution < 1.29 is 5.11 Å². The van der Waals surface area contributed by atoms with Crippen molar-refractivity contribution in [3.05, 3.63) is 0 Å². The van der Waals surface area contributed by atoms with Crippen LogP contribution in [-0.4, -0.2) is 41.3 Å². The normalized spacial score (nSPS) is 34.6. The van der Waals surface area contributed by atoms with Crippen molar-refractivity contribution in [1.29, 1.82) is 0 Å². The minimum Gasteiger partial charge on any atom is -0.391 e. The first kappa shape index (κ1) is 8.97. The number of rotatable bonds is 1. The second-order valence-electron chi connectivity index (χ2n) is 3.61. The Kier molecular flexibility index (Phi) is 2.87. The Morgan fingerprint density at radius 2 is 2.18 bits per heavy atom. The summed E-state index contributed by atoms with van der Waals surface area (Å²) in [6, 6.07) is 0.500. The van der Waals surface area contributed by atoms with Crippen LogP contribution in [0.25, 0.3) is 0 Å². The van der Waals surface area contributed by atoms with Crippen LogP contribution in [0.15, 0.2) is 0 Å². The standard InChI is InChI=1S/C8H18N2O/c1-6(2)10-4-3-8(11)7(9)5-10/h6-8,11H,3-5,9H2,1-2H3/t7-,8+/m1/s1. The van der Waals surface area contributed by atoms with E-state index in [-0.39, 0.29) is 12.1 Å². The van der Waals surface area contributed by atoms with Gasteiger partial charge in [-0.2, -0.15) is 0 Å². The molecule has 0 amide bonds. The highest BCUT2D eigenvalue weighted by Gasteiger charge is 2.25. The summed E-state index contributed by atoms with van der Waals surface area (Å²) in [5.41, 5.74) is 5.71. The maximum atomic E-state index is 9.33. The van der Waals surface area contributed by atoms with Gasteiger partial charge in [0.15, 0.2) is 0 Å². The third kappa shape index (κ3) is 2.15. The number of piperidine rings is 1. The van der Waals surface area contributed by atoms with Crippen LogP contribution in [0.1, 0.15) is 20.3 Å². The highest BCUT2D eigenvalue weighted by atomic mass is 16.3. The van der Waals surface area contributed by atoms with E-state index >= 15 is 0 Å². The molecular weight excluding hydrogens is 140 g/mol. The molecule has 0 unspecified atom stereocenters. The van der Waals surface area contributed by atoms with E-state index in [1.54, 1.807) is 0 Å². The largest absolute Gasteiger partial charge is 0.391 e. The lowest BCUT2D eigenvalue weighted by Crippen LogP contribution is -2.53. The molecule has 0 aromatic carbocycles. The second-order valence-corrected chi connectivity index (χ2v) is 3.61. The Balaban J connectivity index is 2.40. The fourth-order valence-corrected chi connectivity index (χ4v) is 1.46. The van der Waals surface area contributed by atoms with Gasteiger partial charge in [-0.05, 0) is 20.3 Å². The number of aliphatic hydroxyl groups excluding tert-OH is 1. The Labute approximate surface area is 68.2 Å². The minimum absolute atomic E-state index is 0.0499. The molecule has 1 rings (SSSR count). The van der Waals surface area contributed by atoms with Gasteiger partial charge in [-0.25, -0.2) is 0 Å². The Bertz CT molecular complexity index is 127. The van der Waals surface area contributed by atoms with Crippen LogP contribution in [0.2, 0.25) is 0 Å². The summed E-state index contributed by atoms with van der Waals surface area (Å²) in [5.74, 6) is 0. The average Bonchev–Trinajstić information content (AvgIpc) is 1.94. The van der Waals surface area contributed by atoms with Crippen molar-refractivity contribution in [2.45, 2.75) is 38.5 Å². The Morgan fingerprint density at radius 3 is 2.64 bits per heavy atom. The van der Waals surface area contributed by atoms with Crippen molar-refractivity contribution in [1.82, 2.24) is 4.90 Å². The van der Waals surface area contributed by atoms with Crippen molar-refractivity contribution in [3.63, 3.8) is 0 Å². The molecule has 3 N–H and O–H groups in total. The Morgan fingerprint density at radius 1 is 1.55 bits per heavy atom. The van der Waals surface area contributed by atoms with Gasteiger partial charge in [0, 0.05) is 25.2 Å². The first-order chi connectivity index (χ1) is 5.11. The molecular formula is C8H18N2O. The summed E-state index contributed by atoms with van der Waals surface area (Å²) in [4.78, 5) is 2.30. The topological polar surface area (TPSA) is 49.5 Å². The van der Waals surface area contributed by atoms with Gasteiger partial charge >= 0.3 is 0 Å². The third-order valence-electron chi connectivity index (χ3n) is 2.38. The van der Waals surface area contributed by atoms with E-state index in [2.05, 4.69) is 18.7 Å². The summed E-state index contributed by atoms with van der Waals surface area (Å²) >= 11 is 0. The van der Waals surface area contributed by atoms with Gasteiger partial charge < -0.3 is 10.8 Å². The number of nitrogens with zero attached hydrogens (tertiary/aromatic N) is 1. The van der Waals surface area contributed by atoms with Gasteiger partial charge in [0.2, 0.25) is 0 Å². The van der Waals surface area contributed by atoms with E-state index in [4.69, 9.17) is 5.73 Å². The van der Waals surface area contributed by atoms with Gasteiger partial charge in [-0.15, -0.1) is 0 Å². The summed E-state index contributed by atoms with van der Waals surface area (Å²) in [5, 5.41) is 9.33. The molecule has 0 spiro atoms. The number of nitrogens with two attached hydrogens (primary N) is 1. The van der Waals surface area contributed by atoms with Gasteiger partial charge in [-0.3, -0.25) is 4.90 Å². The highest BCUT2D eigenvalue weighted by molar-refractivity contribution is 4.83. The Hall–Kier alpha value is -0.120. The molecule has 0 bridgehead atoms. The van der Waals surface area contributed by atoms with Crippen LogP contribution < -0.4 is 5.73 Å². The molecule has 1 aliphatic heterocycles. The first-order valence-electron chi connectivity index (χ1n) is 4.29. The van der Waals surface area contributed by atoms with Gasteiger partial charge in [0.05, 0.1) is 6.10 Å². The molecule has 0 aliphatic carbocycles. The molecule has 1 heterocycles. The molecule has 0 radical (unpaired) electrons. The number of hydrogen-bond acceptors (Lipinski definition) is 3.